The highest BCUT2D eigenvalue weighted by atomic mass is 32.3. The quantitative estimate of drug-likeness (QED) is 0.270. The second-order valence-electron chi connectivity index (χ2n) is 9.51. The molecule has 4 rings (SSSR count). The molecule has 12 heteroatoms. The Morgan fingerprint density at radius 3 is 1.47 bits per heavy atom. The topological polar surface area (TPSA) is 188 Å². The van der Waals surface area contributed by atoms with Gasteiger partial charge in [0, 0.05) is 52.1 Å². The van der Waals surface area contributed by atoms with Crippen molar-refractivity contribution in [1.29, 1.82) is 5.26 Å². The maximum Gasteiger partial charge on any atom is 0.394 e. The smallest absolute Gasteiger partial charge is 0.380 e. The van der Waals surface area contributed by atoms with E-state index in [0.29, 0.717) is 38.8 Å². The largest absolute Gasteiger partial charge is 0.394 e. The molecule has 2 aliphatic heterocycles. The average Bonchev–Trinajstić information content (AvgIpc) is 2.88. The highest BCUT2D eigenvalue weighted by Gasteiger charge is 2.37. The van der Waals surface area contributed by atoms with Crippen LogP contribution in [-0.2, 0) is 28.3 Å². The number of benzene rings is 2. The van der Waals surface area contributed by atoms with Crippen LogP contribution in [0.4, 0.5) is 0 Å². The summed E-state index contributed by atoms with van der Waals surface area (Å²) in [6, 6.07) is 22.4. The maximum absolute atomic E-state index is 11.1. The van der Waals surface area contributed by atoms with Gasteiger partial charge in [-0.25, -0.2) is 0 Å². The van der Waals surface area contributed by atoms with Gasteiger partial charge < -0.3 is 15.9 Å². The molecule has 0 unspecified atom stereocenters. The summed E-state index contributed by atoms with van der Waals surface area (Å²) >= 11 is 0. The van der Waals surface area contributed by atoms with Crippen LogP contribution in [-0.4, -0.2) is 80.8 Å². The maximum atomic E-state index is 11.1. The number of rotatable bonds is 5. The Kier molecular flexibility index (Phi) is 11.8. The molecular formula is C26H36N4O7S. The first-order chi connectivity index (χ1) is 17.8. The minimum atomic E-state index is -4.67. The van der Waals surface area contributed by atoms with Gasteiger partial charge in [0.05, 0.1) is 6.07 Å². The SMILES string of the molecule is N#CC1(O)CCN(Cc2ccccc2)CC1.NC(=O)C1(O)CCN(Cc2ccccc2)CC1.O=S(=O)(O)O. The van der Waals surface area contributed by atoms with E-state index in [1.165, 1.54) is 11.1 Å². The van der Waals surface area contributed by atoms with Gasteiger partial charge in [0.15, 0.2) is 5.60 Å². The Morgan fingerprint density at radius 1 is 0.816 bits per heavy atom. The van der Waals surface area contributed by atoms with E-state index >= 15 is 0 Å². The fraction of sp³-hybridized carbons (Fsp3) is 0.462. The highest BCUT2D eigenvalue weighted by Crippen LogP contribution is 2.23. The Balaban J connectivity index is 0.000000228. The molecule has 0 radical (unpaired) electrons. The summed E-state index contributed by atoms with van der Waals surface area (Å²) in [5.74, 6) is -0.600. The molecule has 38 heavy (non-hydrogen) atoms. The molecule has 0 atom stereocenters. The number of aliphatic hydroxyl groups is 2. The predicted octanol–water partition coefficient (Wildman–Crippen LogP) is 1.38. The van der Waals surface area contributed by atoms with Crippen molar-refractivity contribution in [2.45, 2.75) is 50.0 Å². The molecule has 1 amide bonds. The normalized spacial score (nSPS) is 19.0. The minimum absolute atomic E-state index is 0.426. The summed E-state index contributed by atoms with van der Waals surface area (Å²) < 4.78 is 31.6. The molecular weight excluding hydrogens is 512 g/mol. The van der Waals surface area contributed by atoms with Crippen LogP contribution in [0, 0.1) is 11.3 Å². The molecule has 0 saturated carbocycles. The molecule has 2 aromatic carbocycles. The van der Waals surface area contributed by atoms with E-state index in [1.807, 2.05) is 42.5 Å². The number of amides is 1. The van der Waals surface area contributed by atoms with E-state index in [0.717, 1.165) is 26.2 Å². The zero-order chi connectivity index (χ0) is 28.2. The van der Waals surface area contributed by atoms with Crippen LogP contribution in [0.1, 0.15) is 36.8 Å². The van der Waals surface area contributed by atoms with Crippen molar-refractivity contribution < 1.29 is 32.5 Å². The molecule has 2 aliphatic rings. The van der Waals surface area contributed by atoms with Gasteiger partial charge >= 0.3 is 10.4 Å². The molecule has 11 nitrogen and oxygen atoms in total. The number of piperidine rings is 2. The van der Waals surface area contributed by atoms with Crippen molar-refractivity contribution in [3.63, 3.8) is 0 Å². The van der Waals surface area contributed by atoms with Gasteiger partial charge in [-0.1, -0.05) is 60.7 Å². The zero-order valence-corrected chi connectivity index (χ0v) is 22.0. The van der Waals surface area contributed by atoms with Crippen LogP contribution < -0.4 is 5.73 Å². The first-order valence-electron chi connectivity index (χ1n) is 12.2. The third kappa shape index (κ3) is 11.7. The second kappa shape index (κ2) is 14.3. The van der Waals surface area contributed by atoms with Crippen molar-refractivity contribution in [1.82, 2.24) is 9.80 Å². The summed E-state index contributed by atoms with van der Waals surface area (Å²) in [7, 11) is -4.67. The van der Waals surface area contributed by atoms with Crippen molar-refractivity contribution >= 4 is 16.3 Å². The van der Waals surface area contributed by atoms with Crippen LogP contribution >= 0.6 is 0 Å². The standard InChI is InChI=1S/C13H18N2O2.C13H16N2O.H2O4S/c14-12(16)13(17)6-8-15(9-7-13)10-11-4-2-1-3-5-11;14-11-13(16)6-8-15(9-7-13)10-12-4-2-1-3-5-12;1-5(2,3)4/h1-5,17H,6-10H2,(H2,14,16);1-5,16H,6-10H2;(H2,1,2,3,4). The molecule has 2 saturated heterocycles. The first kappa shape index (κ1) is 31.3. The van der Waals surface area contributed by atoms with E-state index in [4.69, 9.17) is 28.5 Å². The molecule has 2 aromatic rings. The van der Waals surface area contributed by atoms with E-state index in [-0.39, 0.29) is 0 Å². The number of hydrogen-bond donors (Lipinski definition) is 5. The number of likely N-dealkylation sites (tertiary alicyclic amines) is 2. The van der Waals surface area contributed by atoms with Gasteiger partial charge in [0.1, 0.15) is 5.60 Å². The van der Waals surface area contributed by atoms with E-state index in [9.17, 15) is 15.0 Å². The zero-order valence-electron chi connectivity index (χ0n) is 21.2. The Morgan fingerprint density at radius 2 is 1.16 bits per heavy atom. The third-order valence-electron chi connectivity index (χ3n) is 6.53. The van der Waals surface area contributed by atoms with Gasteiger partial charge in [0.2, 0.25) is 5.91 Å². The lowest BCUT2D eigenvalue weighted by molar-refractivity contribution is -0.141. The Labute approximate surface area is 223 Å². The first-order valence-corrected chi connectivity index (χ1v) is 13.6. The van der Waals surface area contributed by atoms with Crippen molar-refractivity contribution in [2.75, 3.05) is 26.2 Å². The lowest BCUT2D eigenvalue weighted by atomic mass is 9.90. The molecule has 0 aromatic heterocycles. The summed E-state index contributed by atoms with van der Waals surface area (Å²) in [5, 5.41) is 28.5. The monoisotopic (exact) mass is 548 g/mol. The summed E-state index contributed by atoms with van der Waals surface area (Å²) in [4.78, 5) is 15.6. The van der Waals surface area contributed by atoms with Crippen LogP contribution in [0.25, 0.3) is 0 Å². The number of carbonyl (C=O) groups is 1. The molecule has 0 bridgehead atoms. The molecule has 0 aliphatic carbocycles. The minimum Gasteiger partial charge on any atom is -0.380 e. The molecule has 6 N–H and O–H groups in total. The lowest BCUT2D eigenvalue weighted by Gasteiger charge is -2.36. The lowest BCUT2D eigenvalue weighted by Crippen LogP contribution is -2.51. The van der Waals surface area contributed by atoms with Crippen LogP contribution in [0.15, 0.2) is 60.7 Å². The Hall–Kier alpha value is -2.89. The number of nitriles is 1. The molecule has 208 valence electrons. The molecule has 2 heterocycles. The number of nitrogens with two attached hydrogens (primary N) is 1. The molecule has 2 fully saturated rings. The highest BCUT2D eigenvalue weighted by molar-refractivity contribution is 7.79. The predicted molar refractivity (Wildman–Crippen MR) is 141 cm³/mol. The summed E-state index contributed by atoms with van der Waals surface area (Å²) in [5.41, 5.74) is 5.33. The van der Waals surface area contributed by atoms with Gasteiger partial charge in [-0.3, -0.25) is 23.7 Å². The van der Waals surface area contributed by atoms with Crippen LogP contribution in [0.2, 0.25) is 0 Å². The van der Waals surface area contributed by atoms with Crippen molar-refractivity contribution in [3.05, 3.63) is 71.8 Å². The summed E-state index contributed by atoms with van der Waals surface area (Å²) in [6.45, 7) is 4.75. The van der Waals surface area contributed by atoms with Crippen LogP contribution in [0.3, 0.4) is 0 Å². The molecule has 0 spiro atoms. The fourth-order valence-electron chi connectivity index (χ4n) is 4.20. The third-order valence-corrected chi connectivity index (χ3v) is 6.53. The van der Waals surface area contributed by atoms with Gasteiger partial charge in [-0.05, 0) is 24.0 Å². The van der Waals surface area contributed by atoms with Gasteiger partial charge in [-0.15, -0.1) is 0 Å². The van der Waals surface area contributed by atoms with Gasteiger partial charge in [-0.2, -0.15) is 13.7 Å². The summed E-state index contributed by atoms with van der Waals surface area (Å²) in [6.07, 6.45) is 1.96. The van der Waals surface area contributed by atoms with Crippen molar-refractivity contribution in [2.24, 2.45) is 5.73 Å². The number of nitrogens with zero attached hydrogens (tertiary/aromatic N) is 3. The van der Waals surface area contributed by atoms with Crippen LogP contribution in [0.5, 0.6) is 0 Å². The van der Waals surface area contributed by atoms with Gasteiger partial charge in [0.25, 0.3) is 0 Å². The Bertz CT molecular complexity index is 1130. The van der Waals surface area contributed by atoms with E-state index in [2.05, 4.69) is 34.1 Å². The number of primary amides is 1. The van der Waals surface area contributed by atoms with Crippen molar-refractivity contribution in [3.8, 4) is 6.07 Å². The number of carbonyl (C=O) groups excluding carboxylic acids is 1. The number of hydrogen-bond acceptors (Lipinski definition) is 8. The van der Waals surface area contributed by atoms with E-state index in [1.54, 1.807) is 0 Å². The fourth-order valence-corrected chi connectivity index (χ4v) is 4.20. The van der Waals surface area contributed by atoms with E-state index < -0.39 is 27.5 Å². The average molecular weight is 549 g/mol. The second-order valence-corrected chi connectivity index (χ2v) is 10.4.